The van der Waals surface area contributed by atoms with Gasteiger partial charge in [0, 0.05) is 0 Å². The zero-order valence-corrected chi connectivity index (χ0v) is 6.20. The minimum atomic E-state index is -0.739. The van der Waals surface area contributed by atoms with Crippen molar-refractivity contribution in [1.82, 2.24) is 0 Å². The second-order valence-electron chi connectivity index (χ2n) is 2.83. The maximum Gasteiger partial charge on any atom is 0.309 e. The molecule has 1 aliphatic heterocycles. The lowest BCUT2D eigenvalue weighted by Gasteiger charge is -2.06. The van der Waals surface area contributed by atoms with Crippen molar-refractivity contribution >= 4 is 5.97 Å². The number of carbonyl (C=O) groups is 1. The molecule has 0 aromatic rings. The van der Waals surface area contributed by atoms with Crippen molar-refractivity contribution in [3.8, 4) is 0 Å². The standard InChI is InChI=1S/C7H12O3/c1-4-3-6(7(8)9)5(2)10-4/h4-6H,3H2,1-2H3,(H,8,9)/t4-,5+,6-/m1/s1. The number of hydrogen-bond acceptors (Lipinski definition) is 2. The number of hydrogen-bond donors (Lipinski definition) is 1. The SMILES string of the molecule is C[C@@H]1C[C@@H](C(=O)O)[C@H](C)O1. The van der Waals surface area contributed by atoms with Crippen LogP contribution in [0.15, 0.2) is 0 Å². The van der Waals surface area contributed by atoms with Gasteiger partial charge in [0.1, 0.15) is 0 Å². The molecule has 1 rings (SSSR count). The van der Waals surface area contributed by atoms with Gasteiger partial charge >= 0.3 is 5.97 Å². The van der Waals surface area contributed by atoms with Crippen LogP contribution in [-0.4, -0.2) is 23.3 Å². The third kappa shape index (κ3) is 1.29. The quantitative estimate of drug-likeness (QED) is 0.594. The van der Waals surface area contributed by atoms with Gasteiger partial charge in [-0.3, -0.25) is 4.79 Å². The first-order valence-corrected chi connectivity index (χ1v) is 3.49. The molecule has 58 valence electrons. The summed E-state index contributed by atoms with van der Waals surface area (Å²) in [6, 6.07) is 0. The average molecular weight is 144 g/mol. The fourth-order valence-corrected chi connectivity index (χ4v) is 1.37. The van der Waals surface area contributed by atoms with Gasteiger partial charge in [0.15, 0.2) is 0 Å². The summed E-state index contributed by atoms with van der Waals surface area (Å²) in [5.41, 5.74) is 0. The molecule has 0 bridgehead atoms. The fourth-order valence-electron chi connectivity index (χ4n) is 1.37. The van der Waals surface area contributed by atoms with Crippen LogP contribution in [0.4, 0.5) is 0 Å². The van der Waals surface area contributed by atoms with Crippen molar-refractivity contribution in [2.75, 3.05) is 0 Å². The first-order chi connectivity index (χ1) is 4.61. The lowest BCUT2D eigenvalue weighted by molar-refractivity contribution is -0.143. The molecule has 0 aromatic heterocycles. The highest BCUT2D eigenvalue weighted by Crippen LogP contribution is 2.25. The summed E-state index contributed by atoms with van der Waals surface area (Å²) in [6.07, 6.45) is 0.639. The van der Waals surface area contributed by atoms with E-state index in [1.54, 1.807) is 0 Å². The fraction of sp³-hybridized carbons (Fsp3) is 0.857. The molecule has 1 N–H and O–H groups in total. The third-order valence-electron chi connectivity index (χ3n) is 1.92. The number of rotatable bonds is 1. The van der Waals surface area contributed by atoms with Gasteiger partial charge < -0.3 is 9.84 Å². The Bertz CT molecular complexity index is 144. The van der Waals surface area contributed by atoms with Crippen molar-refractivity contribution < 1.29 is 14.6 Å². The monoisotopic (exact) mass is 144 g/mol. The Balaban J connectivity index is 2.54. The molecule has 0 saturated carbocycles. The van der Waals surface area contributed by atoms with Crippen LogP contribution in [0.1, 0.15) is 20.3 Å². The molecule has 0 aliphatic carbocycles. The molecule has 0 spiro atoms. The minimum absolute atomic E-state index is 0.107. The third-order valence-corrected chi connectivity index (χ3v) is 1.92. The number of carboxylic acid groups (broad SMARTS) is 1. The van der Waals surface area contributed by atoms with Gasteiger partial charge in [-0.25, -0.2) is 0 Å². The van der Waals surface area contributed by atoms with Crippen LogP contribution in [0, 0.1) is 5.92 Å². The predicted octanol–water partition coefficient (Wildman–Crippen LogP) is 0.884. The molecule has 3 heteroatoms. The Labute approximate surface area is 60.0 Å². The lowest BCUT2D eigenvalue weighted by atomic mass is 10.0. The second kappa shape index (κ2) is 2.58. The number of carboxylic acids is 1. The van der Waals surface area contributed by atoms with Gasteiger partial charge in [0.2, 0.25) is 0 Å². The van der Waals surface area contributed by atoms with Crippen molar-refractivity contribution in [3.05, 3.63) is 0 Å². The summed E-state index contributed by atoms with van der Waals surface area (Å²) in [6.45, 7) is 3.71. The Morgan fingerprint density at radius 1 is 1.60 bits per heavy atom. The van der Waals surface area contributed by atoms with E-state index < -0.39 is 5.97 Å². The summed E-state index contributed by atoms with van der Waals surface area (Å²) in [7, 11) is 0. The van der Waals surface area contributed by atoms with Crippen molar-refractivity contribution in [3.63, 3.8) is 0 Å². The minimum Gasteiger partial charge on any atom is -0.481 e. The highest BCUT2D eigenvalue weighted by Gasteiger charge is 2.34. The van der Waals surface area contributed by atoms with E-state index in [2.05, 4.69) is 0 Å². The summed E-state index contributed by atoms with van der Waals surface area (Å²) < 4.78 is 5.25. The van der Waals surface area contributed by atoms with Crippen LogP contribution < -0.4 is 0 Å². The van der Waals surface area contributed by atoms with Gasteiger partial charge in [-0.1, -0.05) is 0 Å². The first-order valence-electron chi connectivity index (χ1n) is 3.49. The topological polar surface area (TPSA) is 46.5 Å². The molecular weight excluding hydrogens is 132 g/mol. The van der Waals surface area contributed by atoms with E-state index in [0.29, 0.717) is 6.42 Å². The average Bonchev–Trinajstić information content (AvgIpc) is 2.10. The predicted molar refractivity (Wildman–Crippen MR) is 35.8 cm³/mol. The van der Waals surface area contributed by atoms with E-state index in [-0.39, 0.29) is 18.1 Å². The van der Waals surface area contributed by atoms with Crippen LogP contribution in [-0.2, 0) is 9.53 Å². The second-order valence-corrected chi connectivity index (χ2v) is 2.83. The normalized spacial score (nSPS) is 40.0. The molecule has 1 fully saturated rings. The molecule has 1 aliphatic rings. The van der Waals surface area contributed by atoms with Crippen LogP contribution in [0.5, 0.6) is 0 Å². The van der Waals surface area contributed by atoms with E-state index in [0.717, 1.165) is 0 Å². The zero-order valence-electron chi connectivity index (χ0n) is 6.20. The summed E-state index contributed by atoms with van der Waals surface area (Å²) in [5.74, 6) is -1.04. The Hall–Kier alpha value is -0.570. The molecular formula is C7H12O3. The van der Waals surface area contributed by atoms with E-state index in [9.17, 15) is 4.79 Å². The molecule has 0 radical (unpaired) electrons. The lowest BCUT2D eigenvalue weighted by Crippen LogP contribution is -2.20. The van der Waals surface area contributed by atoms with Gasteiger partial charge in [-0.2, -0.15) is 0 Å². The van der Waals surface area contributed by atoms with Crippen LogP contribution in [0.25, 0.3) is 0 Å². The molecule has 3 atom stereocenters. The molecule has 10 heavy (non-hydrogen) atoms. The number of ether oxygens (including phenoxy) is 1. The molecule has 0 amide bonds. The van der Waals surface area contributed by atoms with Crippen LogP contribution in [0.3, 0.4) is 0 Å². The molecule has 1 saturated heterocycles. The van der Waals surface area contributed by atoms with Crippen molar-refractivity contribution in [2.24, 2.45) is 5.92 Å². The largest absolute Gasteiger partial charge is 0.481 e. The summed E-state index contributed by atoms with van der Waals surface area (Å²) in [4.78, 5) is 10.5. The van der Waals surface area contributed by atoms with E-state index >= 15 is 0 Å². The molecule has 0 aromatic carbocycles. The Kier molecular flexibility index (Phi) is 1.94. The first kappa shape index (κ1) is 7.54. The maximum absolute atomic E-state index is 10.5. The van der Waals surface area contributed by atoms with Gasteiger partial charge in [0.05, 0.1) is 18.1 Å². The molecule has 1 heterocycles. The summed E-state index contributed by atoms with van der Waals surface area (Å²) >= 11 is 0. The number of aliphatic carboxylic acids is 1. The highest BCUT2D eigenvalue weighted by molar-refractivity contribution is 5.71. The van der Waals surface area contributed by atoms with Crippen LogP contribution in [0.2, 0.25) is 0 Å². The van der Waals surface area contributed by atoms with Crippen molar-refractivity contribution in [1.29, 1.82) is 0 Å². The van der Waals surface area contributed by atoms with E-state index in [1.807, 2.05) is 13.8 Å². The van der Waals surface area contributed by atoms with Crippen molar-refractivity contribution in [2.45, 2.75) is 32.5 Å². The zero-order chi connectivity index (χ0) is 7.72. The Morgan fingerprint density at radius 3 is 2.40 bits per heavy atom. The van der Waals surface area contributed by atoms with E-state index in [1.165, 1.54) is 0 Å². The summed E-state index contributed by atoms with van der Waals surface area (Å²) in [5, 5.41) is 8.62. The van der Waals surface area contributed by atoms with E-state index in [4.69, 9.17) is 9.84 Å². The van der Waals surface area contributed by atoms with Gasteiger partial charge in [-0.15, -0.1) is 0 Å². The maximum atomic E-state index is 10.5. The Morgan fingerprint density at radius 2 is 2.20 bits per heavy atom. The van der Waals surface area contributed by atoms with Gasteiger partial charge in [-0.05, 0) is 20.3 Å². The highest BCUT2D eigenvalue weighted by atomic mass is 16.5. The smallest absolute Gasteiger partial charge is 0.309 e. The molecule has 3 nitrogen and oxygen atoms in total. The van der Waals surface area contributed by atoms with Crippen LogP contribution >= 0.6 is 0 Å². The molecule has 0 unspecified atom stereocenters. The van der Waals surface area contributed by atoms with Gasteiger partial charge in [0.25, 0.3) is 0 Å².